The summed E-state index contributed by atoms with van der Waals surface area (Å²) in [5, 5.41) is 18.7. The lowest BCUT2D eigenvalue weighted by molar-refractivity contribution is 0.568. The SMILES string of the molecule is Cc1ccc(-c2nnco2)cc1NCc1cnnn1C. The first-order valence-electron chi connectivity index (χ1n) is 6.18. The number of anilines is 1. The highest BCUT2D eigenvalue weighted by Gasteiger charge is 2.07. The minimum Gasteiger partial charge on any atom is -0.423 e. The molecule has 2 aromatic heterocycles. The summed E-state index contributed by atoms with van der Waals surface area (Å²) in [6.07, 6.45) is 3.06. The third-order valence-corrected chi connectivity index (χ3v) is 3.11. The number of nitrogens with zero attached hydrogens (tertiary/aromatic N) is 5. The lowest BCUT2D eigenvalue weighted by atomic mass is 10.1. The molecule has 0 aliphatic carbocycles. The van der Waals surface area contributed by atoms with Gasteiger partial charge in [-0.2, -0.15) is 0 Å². The predicted molar refractivity (Wildman–Crippen MR) is 72.8 cm³/mol. The van der Waals surface area contributed by atoms with Crippen molar-refractivity contribution < 1.29 is 4.42 Å². The molecule has 0 aliphatic heterocycles. The Morgan fingerprint density at radius 3 is 2.90 bits per heavy atom. The molecule has 7 heteroatoms. The molecule has 0 saturated carbocycles. The summed E-state index contributed by atoms with van der Waals surface area (Å²) in [7, 11) is 1.87. The maximum atomic E-state index is 5.21. The fourth-order valence-electron chi connectivity index (χ4n) is 1.90. The molecule has 7 nitrogen and oxygen atoms in total. The Kier molecular flexibility index (Phi) is 3.16. The van der Waals surface area contributed by atoms with E-state index in [1.165, 1.54) is 6.39 Å². The number of hydrogen-bond donors (Lipinski definition) is 1. The molecular weight excluding hydrogens is 256 g/mol. The summed E-state index contributed by atoms with van der Waals surface area (Å²) >= 11 is 0. The van der Waals surface area contributed by atoms with Crippen LogP contribution in [0.3, 0.4) is 0 Å². The van der Waals surface area contributed by atoms with E-state index in [-0.39, 0.29) is 0 Å². The van der Waals surface area contributed by atoms with Crippen LogP contribution >= 0.6 is 0 Å². The smallest absolute Gasteiger partial charge is 0.247 e. The Labute approximate surface area is 115 Å². The molecule has 0 amide bonds. The fraction of sp³-hybridized carbons (Fsp3) is 0.231. The molecule has 0 unspecified atom stereocenters. The largest absolute Gasteiger partial charge is 0.423 e. The van der Waals surface area contributed by atoms with Crippen LogP contribution in [-0.2, 0) is 13.6 Å². The summed E-state index contributed by atoms with van der Waals surface area (Å²) in [4.78, 5) is 0. The van der Waals surface area contributed by atoms with Crippen molar-refractivity contribution in [2.24, 2.45) is 7.05 Å². The monoisotopic (exact) mass is 270 g/mol. The van der Waals surface area contributed by atoms with Gasteiger partial charge in [-0.1, -0.05) is 11.3 Å². The molecule has 0 saturated heterocycles. The molecule has 0 bridgehead atoms. The molecule has 0 spiro atoms. The second-order valence-electron chi connectivity index (χ2n) is 4.48. The van der Waals surface area contributed by atoms with Crippen LogP contribution in [0, 0.1) is 6.92 Å². The van der Waals surface area contributed by atoms with Crippen LogP contribution in [0.2, 0.25) is 0 Å². The zero-order valence-electron chi connectivity index (χ0n) is 11.2. The average Bonchev–Trinajstić information content (AvgIpc) is 3.10. The molecule has 102 valence electrons. The van der Waals surface area contributed by atoms with E-state index in [2.05, 4.69) is 25.8 Å². The molecule has 1 aromatic carbocycles. The van der Waals surface area contributed by atoms with Crippen LogP contribution in [0.15, 0.2) is 35.2 Å². The van der Waals surface area contributed by atoms with Crippen LogP contribution in [0.5, 0.6) is 0 Å². The van der Waals surface area contributed by atoms with Crippen LogP contribution in [0.25, 0.3) is 11.5 Å². The fourth-order valence-corrected chi connectivity index (χ4v) is 1.90. The van der Waals surface area contributed by atoms with Crippen molar-refractivity contribution in [3.8, 4) is 11.5 Å². The second kappa shape index (κ2) is 5.12. The Morgan fingerprint density at radius 1 is 1.30 bits per heavy atom. The maximum Gasteiger partial charge on any atom is 0.247 e. The predicted octanol–water partition coefficient (Wildman–Crippen LogP) is 1.79. The quantitative estimate of drug-likeness (QED) is 0.778. The average molecular weight is 270 g/mol. The van der Waals surface area contributed by atoms with E-state index in [4.69, 9.17) is 4.42 Å². The Bertz CT molecular complexity index is 703. The van der Waals surface area contributed by atoms with E-state index >= 15 is 0 Å². The second-order valence-corrected chi connectivity index (χ2v) is 4.48. The Morgan fingerprint density at radius 2 is 2.20 bits per heavy atom. The first-order valence-corrected chi connectivity index (χ1v) is 6.18. The van der Waals surface area contributed by atoms with Crippen LogP contribution in [0.1, 0.15) is 11.3 Å². The first kappa shape index (κ1) is 12.3. The molecule has 20 heavy (non-hydrogen) atoms. The standard InChI is InChI=1S/C13H14N6O/c1-9-3-4-10(13-17-16-8-20-13)5-12(9)14-6-11-7-15-18-19(11)2/h3-5,7-8,14H,6H2,1-2H3. The molecule has 3 aromatic rings. The molecule has 0 radical (unpaired) electrons. The molecular formula is C13H14N6O. The Hall–Kier alpha value is -2.70. The van der Waals surface area contributed by atoms with Crippen molar-refractivity contribution in [1.29, 1.82) is 0 Å². The number of rotatable bonds is 4. The number of nitrogens with one attached hydrogen (secondary N) is 1. The van der Waals surface area contributed by atoms with Gasteiger partial charge in [0.15, 0.2) is 0 Å². The molecule has 2 heterocycles. The first-order chi connectivity index (χ1) is 9.74. The summed E-state index contributed by atoms with van der Waals surface area (Å²) in [5.74, 6) is 0.509. The molecule has 0 fully saturated rings. The van der Waals surface area contributed by atoms with Crippen LogP contribution < -0.4 is 5.32 Å². The van der Waals surface area contributed by atoms with Gasteiger partial charge in [-0.15, -0.1) is 15.3 Å². The minimum atomic E-state index is 0.509. The van der Waals surface area contributed by atoms with Gasteiger partial charge in [0.1, 0.15) is 0 Å². The summed E-state index contributed by atoms with van der Waals surface area (Å²) in [6.45, 7) is 2.69. The van der Waals surface area contributed by atoms with Gasteiger partial charge in [0.2, 0.25) is 12.3 Å². The van der Waals surface area contributed by atoms with Crippen molar-refractivity contribution in [1.82, 2.24) is 25.2 Å². The van der Waals surface area contributed by atoms with Gasteiger partial charge < -0.3 is 9.73 Å². The van der Waals surface area contributed by atoms with E-state index in [0.717, 1.165) is 22.5 Å². The molecule has 0 atom stereocenters. The summed E-state index contributed by atoms with van der Waals surface area (Å²) in [6, 6.07) is 5.97. The lowest BCUT2D eigenvalue weighted by Crippen LogP contribution is -2.06. The van der Waals surface area contributed by atoms with Crippen molar-refractivity contribution in [2.45, 2.75) is 13.5 Å². The van der Waals surface area contributed by atoms with Gasteiger partial charge in [0.05, 0.1) is 18.4 Å². The zero-order chi connectivity index (χ0) is 13.9. The van der Waals surface area contributed by atoms with Crippen molar-refractivity contribution in [2.75, 3.05) is 5.32 Å². The van der Waals surface area contributed by atoms with Crippen molar-refractivity contribution in [3.05, 3.63) is 42.0 Å². The van der Waals surface area contributed by atoms with Gasteiger partial charge in [-0.25, -0.2) is 0 Å². The van der Waals surface area contributed by atoms with E-state index < -0.39 is 0 Å². The van der Waals surface area contributed by atoms with Gasteiger partial charge in [0.25, 0.3) is 0 Å². The van der Waals surface area contributed by atoms with Gasteiger partial charge in [0, 0.05) is 18.3 Å². The summed E-state index contributed by atoms with van der Waals surface area (Å²) < 4.78 is 6.95. The van der Waals surface area contributed by atoms with Crippen molar-refractivity contribution in [3.63, 3.8) is 0 Å². The van der Waals surface area contributed by atoms with E-state index in [1.807, 2.05) is 32.2 Å². The number of benzene rings is 1. The van der Waals surface area contributed by atoms with E-state index in [0.29, 0.717) is 12.4 Å². The Balaban J connectivity index is 1.82. The zero-order valence-corrected chi connectivity index (χ0v) is 11.2. The molecule has 1 N–H and O–H groups in total. The third kappa shape index (κ3) is 2.37. The highest BCUT2D eigenvalue weighted by molar-refractivity contribution is 5.64. The number of hydrogen-bond acceptors (Lipinski definition) is 6. The van der Waals surface area contributed by atoms with Gasteiger partial charge in [-0.05, 0) is 24.6 Å². The highest BCUT2D eigenvalue weighted by Crippen LogP contribution is 2.24. The van der Waals surface area contributed by atoms with Crippen LogP contribution in [-0.4, -0.2) is 25.2 Å². The number of aromatic nitrogens is 5. The maximum absolute atomic E-state index is 5.21. The topological polar surface area (TPSA) is 81.7 Å². The molecule has 0 aliphatic rings. The summed E-state index contributed by atoms with van der Waals surface area (Å²) in [5.41, 5.74) is 4.05. The van der Waals surface area contributed by atoms with Gasteiger partial charge in [-0.3, -0.25) is 4.68 Å². The van der Waals surface area contributed by atoms with E-state index in [1.54, 1.807) is 10.9 Å². The lowest BCUT2D eigenvalue weighted by Gasteiger charge is -2.10. The molecule has 3 rings (SSSR count). The third-order valence-electron chi connectivity index (χ3n) is 3.11. The van der Waals surface area contributed by atoms with Crippen LogP contribution in [0.4, 0.5) is 5.69 Å². The van der Waals surface area contributed by atoms with E-state index in [9.17, 15) is 0 Å². The van der Waals surface area contributed by atoms with Gasteiger partial charge >= 0.3 is 0 Å². The number of aryl methyl sites for hydroxylation is 2. The normalized spacial score (nSPS) is 10.7. The highest BCUT2D eigenvalue weighted by atomic mass is 16.4. The minimum absolute atomic E-state index is 0.509. The van der Waals surface area contributed by atoms with Crippen molar-refractivity contribution >= 4 is 5.69 Å².